The molecule has 6 nitrogen and oxygen atoms in total. The van der Waals surface area contributed by atoms with Crippen molar-refractivity contribution in [2.24, 2.45) is 5.41 Å². The van der Waals surface area contributed by atoms with Crippen molar-refractivity contribution < 1.29 is 27.9 Å². The minimum Gasteiger partial charge on any atom is -0.497 e. The summed E-state index contributed by atoms with van der Waals surface area (Å²) in [5, 5.41) is 10.1. The lowest BCUT2D eigenvalue weighted by Crippen LogP contribution is -2.48. The molecule has 1 aromatic heterocycles. The predicted molar refractivity (Wildman–Crippen MR) is 138 cm³/mol. The summed E-state index contributed by atoms with van der Waals surface area (Å²) in [6.07, 6.45) is 0.872. The van der Waals surface area contributed by atoms with Gasteiger partial charge in [0.15, 0.2) is 0 Å². The number of hydroxylamine groups is 1. The highest BCUT2D eigenvalue weighted by atomic mass is 35.5. The third kappa shape index (κ3) is 6.04. The maximum Gasteiger partial charge on any atom is 0.249 e. The highest BCUT2D eigenvalue weighted by Gasteiger charge is 2.41. The normalized spacial score (nSPS) is 15.9. The summed E-state index contributed by atoms with van der Waals surface area (Å²) >= 11 is 6.34. The highest BCUT2D eigenvalue weighted by molar-refractivity contribution is 6.32. The number of carbonyl (C=O) groups is 1. The van der Waals surface area contributed by atoms with Gasteiger partial charge in [-0.15, -0.1) is 0 Å². The molecule has 1 saturated heterocycles. The van der Waals surface area contributed by atoms with Crippen molar-refractivity contribution >= 4 is 28.4 Å². The second kappa shape index (κ2) is 12.0. The number of alkyl halides is 1. The number of piperidine rings is 1. The molecule has 1 fully saturated rings. The third-order valence-electron chi connectivity index (χ3n) is 7.11. The lowest BCUT2D eigenvalue weighted by molar-refractivity contribution is -0.143. The summed E-state index contributed by atoms with van der Waals surface area (Å²) in [6.45, 7) is 1.27. The second-order valence-electron chi connectivity index (χ2n) is 9.33. The number of aromatic nitrogens is 1. The molecule has 1 amide bonds. The van der Waals surface area contributed by atoms with Gasteiger partial charge in [0, 0.05) is 36.3 Å². The maximum absolute atomic E-state index is 15.7. The SMILES string of the molecule is COc1ccc2ncc(Cl)c([C@H](F)CCC3(C(=O)NO)CCN(CC#Cc4ccc(F)cc4F)CC3)c2c1. The Hall–Kier alpha value is -3.32. The zero-order valence-corrected chi connectivity index (χ0v) is 21.5. The maximum atomic E-state index is 15.7. The zero-order chi connectivity index (χ0) is 27.3. The van der Waals surface area contributed by atoms with E-state index in [1.54, 1.807) is 23.7 Å². The number of amides is 1. The van der Waals surface area contributed by atoms with Crippen LogP contribution in [0.2, 0.25) is 5.02 Å². The van der Waals surface area contributed by atoms with Gasteiger partial charge in [0.25, 0.3) is 0 Å². The fraction of sp³-hybridized carbons (Fsp3) is 0.357. The van der Waals surface area contributed by atoms with Crippen molar-refractivity contribution in [1.82, 2.24) is 15.4 Å². The van der Waals surface area contributed by atoms with E-state index in [1.807, 2.05) is 4.90 Å². The Labute approximate surface area is 223 Å². The number of likely N-dealkylation sites (tertiary alicyclic amines) is 1. The van der Waals surface area contributed by atoms with Gasteiger partial charge in [-0.25, -0.2) is 18.7 Å². The first-order valence-corrected chi connectivity index (χ1v) is 12.5. The zero-order valence-electron chi connectivity index (χ0n) is 20.7. The van der Waals surface area contributed by atoms with E-state index in [0.29, 0.717) is 49.1 Å². The number of nitrogens with one attached hydrogen (secondary N) is 1. The molecular formula is C28H27ClF3N3O3. The summed E-state index contributed by atoms with van der Waals surface area (Å²) in [6, 6.07) is 8.35. The largest absolute Gasteiger partial charge is 0.497 e. The van der Waals surface area contributed by atoms with Crippen molar-refractivity contribution in [3.05, 3.63) is 70.4 Å². The Morgan fingerprint density at radius 1 is 1.26 bits per heavy atom. The van der Waals surface area contributed by atoms with Crippen molar-refractivity contribution in [3.8, 4) is 17.6 Å². The number of benzene rings is 2. The predicted octanol–water partition coefficient (Wildman–Crippen LogP) is 5.61. The Bertz CT molecular complexity index is 1380. The van der Waals surface area contributed by atoms with Gasteiger partial charge in [-0.3, -0.25) is 19.9 Å². The number of methoxy groups -OCH3 is 1. The number of rotatable bonds is 7. The van der Waals surface area contributed by atoms with Gasteiger partial charge < -0.3 is 4.74 Å². The summed E-state index contributed by atoms with van der Waals surface area (Å²) in [5.74, 6) is 4.17. The van der Waals surface area contributed by atoms with Gasteiger partial charge in [0.05, 0.1) is 35.2 Å². The summed E-state index contributed by atoms with van der Waals surface area (Å²) in [7, 11) is 1.52. The Kier molecular flexibility index (Phi) is 8.77. The average molecular weight is 546 g/mol. The Balaban J connectivity index is 1.44. The fourth-order valence-corrected chi connectivity index (χ4v) is 5.12. The van der Waals surface area contributed by atoms with Crippen LogP contribution in [-0.4, -0.2) is 47.7 Å². The van der Waals surface area contributed by atoms with Crippen LogP contribution in [0.1, 0.15) is 43.0 Å². The number of pyridine rings is 1. The fourth-order valence-electron chi connectivity index (χ4n) is 4.85. The first kappa shape index (κ1) is 27.7. The van der Waals surface area contributed by atoms with E-state index in [-0.39, 0.29) is 29.0 Å². The third-order valence-corrected chi connectivity index (χ3v) is 7.41. The van der Waals surface area contributed by atoms with E-state index < -0.39 is 29.1 Å². The monoisotopic (exact) mass is 545 g/mol. The highest BCUT2D eigenvalue weighted by Crippen LogP contribution is 2.42. The number of halogens is 4. The minimum atomic E-state index is -1.47. The Morgan fingerprint density at radius 3 is 2.71 bits per heavy atom. The number of hydrogen-bond donors (Lipinski definition) is 2. The quantitative estimate of drug-likeness (QED) is 0.229. The van der Waals surface area contributed by atoms with Gasteiger partial charge in [0.1, 0.15) is 23.6 Å². The molecule has 10 heteroatoms. The molecule has 0 radical (unpaired) electrons. The second-order valence-corrected chi connectivity index (χ2v) is 9.74. The van der Waals surface area contributed by atoms with Crippen LogP contribution >= 0.6 is 11.6 Å². The van der Waals surface area contributed by atoms with E-state index in [1.165, 1.54) is 19.4 Å². The van der Waals surface area contributed by atoms with Crippen LogP contribution in [0.15, 0.2) is 42.6 Å². The molecule has 4 rings (SSSR count). The van der Waals surface area contributed by atoms with Crippen LogP contribution in [0, 0.1) is 28.9 Å². The van der Waals surface area contributed by atoms with Crippen molar-refractivity contribution in [2.45, 2.75) is 31.9 Å². The molecule has 2 heterocycles. The molecule has 2 N–H and O–H groups in total. The van der Waals surface area contributed by atoms with E-state index in [0.717, 1.165) is 12.1 Å². The molecule has 2 aromatic carbocycles. The average Bonchev–Trinajstić information content (AvgIpc) is 2.92. The van der Waals surface area contributed by atoms with Crippen molar-refractivity contribution in [2.75, 3.05) is 26.7 Å². The van der Waals surface area contributed by atoms with Crippen LogP contribution < -0.4 is 10.2 Å². The van der Waals surface area contributed by atoms with E-state index >= 15 is 4.39 Å². The standard InChI is InChI=1S/C28H27ClF3N3O3/c1-38-20-6-7-25-21(16-20)26(22(29)17-33-25)23(31)8-9-28(27(36)34-37)10-13-35(14-11-28)12-2-3-18-4-5-19(30)15-24(18)32/h4-7,15-17,23,37H,8-14H2,1H3,(H,34,36)/t23-/m1/s1. The summed E-state index contributed by atoms with van der Waals surface area (Å²) < 4.78 is 47.8. The summed E-state index contributed by atoms with van der Waals surface area (Å²) in [4.78, 5) is 19.0. The lowest BCUT2D eigenvalue weighted by Gasteiger charge is -2.40. The Morgan fingerprint density at radius 2 is 2.03 bits per heavy atom. The molecule has 0 saturated carbocycles. The van der Waals surface area contributed by atoms with E-state index in [9.17, 15) is 18.8 Å². The molecule has 1 aliphatic heterocycles. The smallest absolute Gasteiger partial charge is 0.249 e. The first-order chi connectivity index (χ1) is 18.3. The van der Waals surface area contributed by atoms with E-state index in [2.05, 4.69) is 16.8 Å². The lowest BCUT2D eigenvalue weighted by atomic mass is 9.73. The van der Waals surface area contributed by atoms with E-state index in [4.69, 9.17) is 16.3 Å². The molecule has 0 bridgehead atoms. The van der Waals surface area contributed by atoms with Gasteiger partial charge in [-0.05, 0) is 56.0 Å². The van der Waals surface area contributed by atoms with Gasteiger partial charge in [-0.2, -0.15) is 0 Å². The molecule has 0 aliphatic carbocycles. The first-order valence-electron chi connectivity index (χ1n) is 12.1. The van der Waals surface area contributed by atoms with Crippen LogP contribution in [0.25, 0.3) is 10.9 Å². The molecular weight excluding hydrogens is 519 g/mol. The topological polar surface area (TPSA) is 74.7 Å². The minimum absolute atomic E-state index is 0.00706. The van der Waals surface area contributed by atoms with Crippen LogP contribution in [0.3, 0.4) is 0 Å². The van der Waals surface area contributed by atoms with Crippen molar-refractivity contribution in [3.63, 3.8) is 0 Å². The van der Waals surface area contributed by atoms with Crippen LogP contribution in [0.5, 0.6) is 5.75 Å². The molecule has 38 heavy (non-hydrogen) atoms. The molecule has 1 atom stereocenters. The van der Waals surface area contributed by atoms with Gasteiger partial charge >= 0.3 is 0 Å². The van der Waals surface area contributed by atoms with Crippen LogP contribution in [0.4, 0.5) is 13.2 Å². The molecule has 200 valence electrons. The molecule has 3 aromatic rings. The molecule has 0 unspecified atom stereocenters. The number of hydrogen-bond acceptors (Lipinski definition) is 5. The van der Waals surface area contributed by atoms with Crippen LogP contribution in [-0.2, 0) is 4.79 Å². The van der Waals surface area contributed by atoms with Gasteiger partial charge in [0.2, 0.25) is 5.91 Å². The molecule has 0 spiro atoms. The molecule has 1 aliphatic rings. The number of nitrogens with zero attached hydrogens (tertiary/aromatic N) is 2. The number of ether oxygens (including phenoxy) is 1. The number of fused-ring (bicyclic) bond motifs is 1. The van der Waals surface area contributed by atoms with Gasteiger partial charge in [-0.1, -0.05) is 23.4 Å². The summed E-state index contributed by atoms with van der Waals surface area (Å²) in [5.41, 5.74) is 1.75. The number of carbonyl (C=O) groups excluding carboxylic acids is 1. The van der Waals surface area contributed by atoms with Crippen molar-refractivity contribution in [1.29, 1.82) is 0 Å².